The first-order chi connectivity index (χ1) is 13.7. The molecule has 0 saturated carbocycles. The van der Waals surface area contributed by atoms with Crippen LogP contribution in [0.5, 0.6) is 11.5 Å². The van der Waals surface area contributed by atoms with Crippen molar-refractivity contribution >= 4 is 11.7 Å². The number of rotatable bonds is 8. The molecule has 28 heavy (non-hydrogen) atoms. The Morgan fingerprint density at radius 1 is 1.07 bits per heavy atom. The van der Waals surface area contributed by atoms with Gasteiger partial charge in [-0.1, -0.05) is 30.3 Å². The minimum absolute atomic E-state index is 0.274. The molecule has 2 aromatic carbocycles. The van der Waals surface area contributed by atoms with E-state index in [0.717, 1.165) is 24.4 Å². The van der Waals surface area contributed by atoms with Crippen molar-refractivity contribution < 1.29 is 14.3 Å². The van der Waals surface area contributed by atoms with Crippen molar-refractivity contribution in [2.24, 2.45) is 0 Å². The van der Waals surface area contributed by atoms with Crippen LogP contribution in [0.25, 0.3) is 11.4 Å². The van der Waals surface area contributed by atoms with Gasteiger partial charge in [0.2, 0.25) is 0 Å². The van der Waals surface area contributed by atoms with Crippen LogP contribution >= 0.6 is 0 Å². The number of aryl methyl sites for hydroxylation is 1. The summed E-state index contributed by atoms with van der Waals surface area (Å²) < 4.78 is 12.5. The number of ether oxygens (including phenoxy) is 2. The van der Waals surface area contributed by atoms with Gasteiger partial charge in [-0.15, -0.1) is 0 Å². The van der Waals surface area contributed by atoms with Gasteiger partial charge in [0.25, 0.3) is 0 Å². The average molecular weight is 380 g/mol. The fourth-order valence-corrected chi connectivity index (χ4v) is 2.84. The van der Waals surface area contributed by atoms with E-state index in [4.69, 9.17) is 9.47 Å². The van der Waals surface area contributed by atoms with Gasteiger partial charge < -0.3 is 24.7 Å². The monoisotopic (exact) mass is 380 g/mol. The lowest BCUT2D eigenvalue weighted by molar-refractivity contribution is 0.252. The van der Waals surface area contributed by atoms with E-state index < -0.39 is 0 Å². The maximum absolute atomic E-state index is 12.1. The zero-order valence-corrected chi connectivity index (χ0v) is 16.0. The Labute approximate surface area is 164 Å². The molecule has 2 N–H and O–H groups in total. The number of hydrogen-bond acceptors (Lipinski definition) is 4. The van der Waals surface area contributed by atoms with E-state index in [1.54, 1.807) is 38.6 Å². The topological polar surface area (TPSA) is 77.4 Å². The Bertz CT molecular complexity index is 887. The quantitative estimate of drug-likeness (QED) is 0.583. The summed E-state index contributed by atoms with van der Waals surface area (Å²) in [4.78, 5) is 16.6. The molecular weight excluding hydrogens is 356 g/mol. The second kappa shape index (κ2) is 9.45. The number of hydrogen-bond donors (Lipinski definition) is 2. The van der Waals surface area contributed by atoms with E-state index >= 15 is 0 Å². The molecule has 3 aromatic rings. The summed E-state index contributed by atoms with van der Waals surface area (Å²) in [5.41, 5.74) is 1.68. The van der Waals surface area contributed by atoms with E-state index in [-0.39, 0.29) is 6.03 Å². The molecule has 0 atom stereocenters. The maximum Gasteiger partial charge on any atom is 0.319 e. The Morgan fingerprint density at radius 2 is 1.79 bits per heavy atom. The third-order valence-corrected chi connectivity index (χ3v) is 4.22. The molecule has 0 bridgehead atoms. The Hall–Kier alpha value is -3.48. The van der Waals surface area contributed by atoms with Gasteiger partial charge in [0.15, 0.2) is 0 Å². The molecule has 0 radical (unpaired) electrons. The predicted octanol–water partition coefficient (Wildman–Crippen LogP) is 3.78. The normalized spacial score (nSPS) is 10.4. The second-order valence-corrected chi connectivity index (χ2v) is 6.15. The lowest BCUT2D eigenvalue weighted by atomic mass is 10.2. The number of benzene rings is 2. The van der Waals surface area contributed by atoms with Crippen LogP contribution in [0.4, 0.5) is 10.5 Å². The van der Waals surface area contributed by atoms with E-state index in [1.165, 1.54) is 0 Å². The largest absolute Gasteiger partial charge is 0.497 e. The van der Waals surface area contributed by atoms with Crippen molar-refractivity contribution in [3.05, 3.63) is 60.9 Å². The molecule has 7 heteroatoms. The van der Waals surface area contributed by atoms with Crippen molar-refractivity contribution in [1.29, 1.82) is 0 Å². The molecule has 2 amide bonds. The highest BCUT2D eigenvalue weighted by atomic mass is 16.5. The standard InChI is InChI=1S/C21H24N4O3/c1-27-18-13-17(14-19(15-18)28-2)24-21(26)23-9-6-11-25-12-10-22-20(25)16-7-4-3-5-8-16/h3-5,7-8,10,12-15H,6,9,11H2,1-2H3,(H2,23,24,26). The molecule has 0 saturated heterocycles. The Morgan fingerprint density at radius 3 is 2.46 bits per heavy atom. The second-order valence-electron chi connectivity index (χ2n) is 6.15. The number of carbonyl (C=O) groups is 1. The molecule has 0 unspecified atom stereocenters. The molecule has 0 aliphatic rings. The van der Waals surface area contributed by atoms with E-state index in [9.17, 15) is 4.79 Å². The number of urea groups is 1. The van der Waals surface area contributed by atoms with Gasteiger partial charge in [0.05, 0.1) is 14.2 Å². The molecule has 0 aliphatic heterocycles. The smallest absolute Gasteiger partial charge is 0.319 e. The van der Waals surface area contributed by atoms with Crippen LogP contribution in [0.3, 0.4) is 0 Å². The zero-order chi connectivity index (χ0) is 19.8. The number of imidazole rings is 1. The van der Waals surface area contributed by atoms with Gasteiger partial charge >= 0.3 is 6.03 Å². The molecule has 7 nitrogen and oxygen atoms in total. The number of anilines is 1. The van der Waals surface area contributed by atoms with Crippen LogP contribution in [0.1, 0.15) is 6.42 Å². The summed E-state index contributed by atoms with van der Waals surface area (Å²) in [6.45, 7) is 1.30. The van der Waals surface area contributed by atoms with Crippen LogP contribution in [0.2, 0.25) is 0 Å². The lowest BCUT2D eigenvalue weighted by Gasteiger charge is -2.11. The molecule has 3 rings (SSSR count). The minimum atomic E-state index is -0.274. The fraction of sp³-hybridized carbons (Fsp3) is 0.238. The van der Waals surface area contributed by atoms with Crippen LogP contribution in [-0.4, -0.2) is 36.3 Å². The summed E-state index contributed by atoms with van der Waals surface area (Å²) in [5.74, 6) is 2.15. The van der Waals surface area contributed by atoms with Crippen molar-refractivity contribution in [2.45, 2.75) is 13.0 Å². The van der Waals surface area contributed by atoms with E-state index in [2.05, 4.69) is 20.2 Å². The number of amides is 2. The summed E-state index contributed by atoms with van der Waals surface area (Å²) in [6, 6.07) is 15.0. The van der Waals surface area contributed by atoms with Crippen LogP contribution in [0.15, 0.2) is 60.9 Å². The number of carbonyl (C=O) groups excluding carboxylic acids is 1. The van der Waals surface area contributed by atoms with Gasteiger partial charge in [-0.05, 0) is 6.42 Å². The predicted molar refractivity (Wildman–Crippen MR) is 109 cm³/mol. The number of aromatic nitrogens is 2. The summed E-state index contributed by atoms with van der Waals surface area (Å²) >= 11 is 0. The first-order valence-corrected chi connectivity index (χ1v) is 9.04. The summed E-state index contributed by atoms with van der Waals surface area (Å²) in [7, 11) is 3.14. The van der Waals surface area contributed by atoms with Crippen LogP contribution in [-0.2, 0) is 6.54 Å². The fourth-order valence-electron chi connectivity index (χ4n) is 2.84. The Balaban J connectivity index is 1.49. The van der Waals surface area contributed by atoms with Gasteiger partial charge in [0.1, 0.15) is 17.3 Å². The third kappa shape index (κ3) is 5.03. The molecule has 1 heterocycles. The zero-order valence-electron chi connectivity index (χ0n) is 16.0. The highest BCUT2D eigenvalue weighted by Crippen LogP contribution is 2.25. The first-order valence-electron chi connectivity index (χ1n) is 9.04. The van der Waals surface area contributed by atoms with E-state index in [1.807, 2.05) is 36.5 Å². The molecule has 0 spiro atoms. The third-order valence-electron chi connectivity index (χ3n) is 4.22. The lowest BCUT2D eigenvalue weighted by Crippen LogP contribution is -2.30. The van der Waals surface area contributed by atoms with Crippen molar-refractivity contribution in [3.63, 3.8) is 0 Å². The first kappa shape index (κ1) is 19.3. The summed E-state index contributed by atoms with van der Waals surface area (Å²) in [5, 5.41) is 5.66. The molecule has 146 valence electrons. The highest BCUT2D eigenvalue weighted by Gasteiger charge is 2.07. The van der Waals surface area contributed by atoms with Gasteiger partial charge in [-0.2, -0.15) is 0 Å². The summed E-state index contributed by atoms with van der Waals surface area (Å²) in [6.07, 6.45) is 4.52. The van der Waals surface area contributed by atoms with Gasteiger partial charge in [-0.25, -0.2) is 9.78 Å². The SMILES string of the molecule is COc1cc(NC(=O)NCCCn2ccnc2-c2ccccc2)cc(OC)c1. The molecular formula is C21H24N4O3. The van der Waals surface area contributed by atoms with Gasteiger partial charge in [0, 0.05) is 54.9 Å². The highest BCUT2D eigenvalue weighted by molar-refractivity contribution is 5.89. The number of methoxy groups -OCH3 is 2. The Kier molecular flexibility index (Phi) is 6.51. The maximum atomic E-state index is 12.1. The van der Waals surface area contributed by atoms with Crippen molar-refractivity contribution in [2.75, 3.05) is 26.1 Å². The molecule has 0 aliphatic carbocycles. The molecule has 0 fully saturated rings. The number of nitrogens with zero attached hydrogens (tertiary/aromatic N) is 2. The van der Waals surface area contributed by atoms with Crippen LogP contribution < -0.4 is 20.1 Å². The number of nitrogens with one attached hydrogen (secondary N) is 2. The minimum Gasteiger partial charge on any atom is -0.497 e. The van der Waals surface area contributed by atoms with Crippen molar-refractivity contribution in [1.82, 2.24) is 14.9 Å². The average Bonchev–Trinajstić information content (AvgIpc) is 3.20. The van der Waals surface area contributed by atoms with E-state index in [0.29, 0.717) is 23.7 Å². The van der Waals surface area contributed by atoms with Crippen molar-refractivity contribution in [3.8, 4) is 22.9 Å². The molecule has 1 aromatic heterocycles. The van der Waals surface area contributed by atoms with Crippen LogP contribution in [0, 0.1) is 0 Å². The van der Waals surface area contributed by atoms with Gasteiger partial charge in [-0.3, -0.25) is 0 Å².